The van der Waals surface area contributed by atoms with Gasteiger partial charge in [0.15, 0.2) is 5.96 Å². The summed E-state index contributed by atoms with van der Waals surface area (Å²) in [5.74, 6) is 0.912. The second-order valence-electron chi connectivity index (χ2n) is 8.41. The number of piperazine rings is 1. The zero-order valence-electron chi connectivity index (χ0n) is 17.6. The van der Waals surface area contributed by atoms with Gasteiger partial charge in [-0.25, -0.2) is 0 Å². The van der Waals surface area contributed by atoms with Gasteiger partial charge in [-0.05, 0) is 50.3 Å². The SMILES string of the molecule is CN=C(NCCN1CCN(c2cccc(C)c2C)CC1)NC1CC2CCC1O2. The average molecular weight is 386 g/mol. The number of anilines is 1. The molecule has 3 atom stereocenters. The van der Waals surface area contributed by atoms with Gasteiger partial charge in [0, 0.05) is 52.0 Å². The highest BCUT2D eigenvalue weighted by molar-refractivity contribution is 5.80. The molecule has 154 valence electrons. The van der Waals surface area contributed by atoms with Crippen LogP contribution < -0.4 is 15.5 Å². The van der Waals surface area contributed by atoms with Crippen molar-refractivity contribution >= 4 is 11.6 Å². The maximum Gasteiger partial charge on any atom is 0.191 e. The fourth-order valence-corrected chi connectivity index (χ4v) is 4.78. The quantitative estimate of drug-likeness (QED) is 0.599. The second-order valence-corrected chi connectivity index (χ2v) is 8.41. The molecule has 0 radical (unpaired) electrons. The number of fused-ring (bicyclic) bond motifs is 2. The Labute approximate surface area is 169 Å². The number of rotatable bonds is 5. The van der Waals surface area contributed by atoms with Crippen LogP contribution in [0.1, 0.15) is 30.4 Å². The summed E-state index contributed by atoms with van der Waals surface area (Å²) < 4.78 is 5.93. The van der Waals surface area contributed by atoms with E-state index in [-0.39, 0.29) is 0 Å². The summed E-state index contributed by atoms with van der Waals surface area (Å²) >= 11 is 0. The van der Waals surface area contributed by atoms with Gasteiger partial charge in [-0.15, -0.1) is 0 Å². The van der Waals surface area contributed by atoms with E-state index >= 15 is 0 Å². The first-order valence-corrected chi connectivity index (χ1v) is 10.8. The summed E-state index contributed by atoms with van der Waals surface area (Å²) in [7, 11) is 1.85. The van der Waals surface area contributed by atoms with Gasteiger partial charge in [0.2, 0.25) is 0 Å². The lowest BCUT2D eigenvalue weighted by atomic mass is 9.96. The van der Waals surface area contributed by atoms with Crippen LogP contribution in [0.5, 0.6) is 0 Å². The van der Waals surface area contributed by atoms with Crippen molar-refractivity contribution in [2.24, 2.45) is 4.99 Å². The van der Waals surface area contributed by atoms with E-state index in [1.54, 1.807) is 0 Å². The Kier molecular flexibility index (Phi) is 6.07. The Morgan fingerprint density at radius 1 is 1.18 bits per heavy atom. The predicted molar refractivity (Wildman–Crippen MR) is 115 cm³/mol. The van der Waals surface area contributed by atoms with Crippen LogP contribution in [0, 0.1) is 13.8 Å². The highest BCUT2D eigenvalue weighted by Gasteiger charge is 2.41. The summed E-state index contributed by atoms with van der Waals surface area (Å²) in [4.78, 5) is 9.47. The smallest absolute Gasteiger partial charge is 0.191 e. The van der Waals surface area contributed by atoms with Crippen molar-refractivity contribution in [3.8, 4) is 0 Å². The highest BCUT2D eigenvalue weighted by Crippen LogP contribution is 2.34. The molecule has 6 heteroatoms. The van der Waals surface area contributed by atoms with Gasteiger partial charge >= 0.3 is 0 Å². The van der Waals surface area contributed by atoms with Gasteiger partial charge in [-0.1, -0.05) is 12.1 Å². The van der Waals surface area contributed by atoms with Gasteiger partial charge in [0.05, 0.1) is 18.2 Å². The number of aryl methyl sites for hydroxylation is 1. The molecule has 4 rings (SSSR count). The Morgan fingerprint density at radius 2 is 2.00 bits per heavy atom. The summed E-state index contributed by atoms with van der Waals surface area (Å²) in [6, 6.07) is 7.05. The fraction of sp³-hybridized carbons (Fsp3) is 0.682. The number of aliphatic imine (C=N–C) groups is 1. The Bertz CT molecular complexity index is 698. The van der Waals surface area contributed by atoms with Crippen molar-refractivity contribution in [3.63, 3.8) is 0 Å². The zero-order chi connectivity index (χ0) is 19.5. The van der Waals surface area contributed by atoms with Crippen LogP contribution in [-0.4, -0.2) is 75.4 Å². The van der Waals surface area contributed by atoms with E-state index in [9.17, 15) is 0 Å². The first kappa shape index (κ1) is 19.5. The van der Waals surface area contributed by atoms with Gasteiger partial charge in [0.1, 0.15) is 0 Å². The van der Waals surface area contributed by atoms with E-state index in [0.717, 1.165) is 51.6 Å². The van der Waals surface area contributed by atoms with Crippen molar-refractivity contribution < 1.29 is 4.74 Å². The normalized spacial score (nSPS) is 28.0. The molecule has 3 aliphatic heterocycles. The first-order chi connectivity index (χ1) is 13.6. The van der Waals surface area contributed by atoms with Crippen LogP contribution >= 0.6 is 0 Å². The summed E-state index contributed by atoms with van der Waals surface area (Å²) in [6.07, 6.45) is 4.37. The number of hydrogen-bond donors (Lipinski definition) is 2. The molecule has 0 saturated carbocycles. The minimum absolute atomic E-state index is 0.377. The lowest BCUT2D eigenvalue weighted by molar-refractivity contribution is 0.0992. The van der Waals surface area contributed by atoms with Gasteiger partial charge in [-0.3, -0.25) is 9.89 Å². The van der Waals surface area contributed by atoms with Crippen molar-refractivity contribution in [1.29, 1.82) is 0 Å². The molecule has 6 nitrogen and oxygen atoms in total. The van der Waals surface area contributed by atoms with E-state index in [4.69, 9.17) is 4.74 Å². The van der Waals surface area contributed by atoms with Crippen molar-refractivity contribution in [3.05, 3.63) is 29.3 Å². The molecule has 1 aromatic rings. The van der Waals surface area contributed by atoms with Crippen LogP contribution in [-0.2, 0) is 4.74 Å². The molecule has 1 aromatic carbocycles. The molecule has 3 fully saturated rings. The molecule has 3 saturated heterocycles. The van der Waals surface area contributed by atoms with Gasteiger partial charge < -0.3 is 20.3 Å². The predicted octanol–water partition coefficient (Wildman–Crippen LogP) is 1.91. The van der Waals surface area contributed by atoms with E-state index in [2.05, 4.69) is 57.5 Å². The molecule has 2 bridgehead atoms. The second kappa shape index (κ2) is 8.70. The number of nitrogens with one attached hydrogen (secondary N) is 2. The summed E-state index contributed by atoms with van der Waals surface area (Å²) in [6.45, 7) is 10.8. The standard InChI is InChI=1S/C22H35N5O/c1-16-5-4-6-20(17(16)2)27-13-11-26(12-14-27)10-9-24-22(23-3)25-19-15-18-7-8-21(19)28-18/h4-6,18-19,21H,7-15H2,1-3H3,(H2,23,24,25). The average Bonchev–Trinajstić information content (AvgIpc) is 3.33. The van der Waals surface area contributed by atoms with Gasteiger partial charge in [0.25, 0.3) is 0 Å². The zero-order valence-corrected chi connectivity index (χ0v) is 17.6. The molecule has 2 N–H and O–H groups in total. The Hall–Kier alpha value is -1.79. The topological polar surface area (TPSA) is 52.1 Å². The van der Waals surface area contributed by atoms with E-state index in [1.807, 2.05) is 7.05 Å². The monoisotopic (exact) mass is 385 g/mol. The number of ether oxygens (including phenoxy) is 1. The summed E-state index contributed by atoms with van der Waals surface area (Å²) in [5.41, 5.74) is 4.19. The lowest BCUT2D eigenvalue weighted by Gasteiger charge is -2.37. The molecule has 0 amide bonds. The van der Waals surface area contributed by atoms with Crippen molar-refractivity contribution in [2.75, 3.05) is 51.2 Å². The minimum Gasteiger partial charge on any atom is -0.373 e. The highest BCUT2D eigenvalue weighted by atomic mass is 16.5. The van der Waals surface area contributed by atoms with Crippen molar-refractivity contribution in [2.45, 2.75) is 51.4 Å². The van der Waals surface area contributed by atoms with E-state index in [1.165, 1.54) is 29.7 Å². The third-order valence-corrected chi connectivity index (χ3v) is 6.66. The maximum atomic E-state index is 5.93. The molecule has 0 aromatic heterocycles. The van der Waals surface area contributed by atoms with Crippen LogP contribution in [0.15, 0.2) is 23.2 Å². The third-order valence-electron chi connectivity index (χ3n) is 6.66. The molecule has 3 unspecified atom stereocenters. The molecule has 3 aliphatic rings. The van der Waals surface area contributed by atoms with Crippen LogP contribution in [0.25, 0.3) is 0 Å². The van der Waals surface area contributed by atoms with Gasteiger partial charge in [-0.2, -0.15) is 0 Å². The van der Waals surface area contributed by atoms with Crippen LogP contribution in [0.3, 0.4) is 0 Å². The number of hydrogen-bond acceptors (Lipinski definition) is 4. The van der Waals surface area contributed by atoms with Crippen LogP contribution in [0.2, 0.25) is 0 Å². The van der Waals surface area contributed by atoms with E-state index < -0.39 is 0 Å². The largest absolute Gasteiger partial charge is 0.373 e. The molecular formula is C22H35N5O. The Morgan fingerprint density at radius 3 is 2.68 bits per heavy atom. The fourth-order valence-electron chi connectivity index (χ4n) is 4.78. The number of nitrogens with zero attached hydrogens (tertiary/aromatic N) is 3. The first-order valence-electron chi connectivity index (χ1n) is 10.8. The molecule has 0 spiro atoms. The van der Waals surface area contributed by atoms with E-state index in [0.29, 0.717) is 18.2 Å². The lowest BCUT2D eigenvalue weighted by Crippen LogP contribution is -2.51. The number of guanidine groups is 1. The molecule has 0 aliphatic carbocycles. The minimum atomic E-state index is 0.377. The third kappa shape index (κ3) is 4.28. The molecular weight excluding hydrogens is 350 g/mol. The van der Waals surface area contributed by atoms with Crippen LogP contribution in [0.4, 0.5) is 5.69 Å². The number of benzene rings is 1. The molecule has 3 heterocycles. The maximum absolute atomic E-state index is 5.93. The Balaban J connectivity index is 1.18. The summed E-state index contributed by atoms with van der Waals surface area (Å²) in [5, 5.41) is 7.05. The molecule has 28 heavy (non-hydrogen) atoms. The van der Waals surface area contributed by atoms with Crippen molar-refractivity contribution in [1.82, 2.24) is 15.5 Å².